The third kappa shape index (κ3) is 4.42. The van der Waals surface area contributed by atoms with E-state index in [-0.39, 0.29) is 9.04 Å². The van der Waals surface area contributed by atoms with Crippen molar-refractivity contribution >= 4 is 32.3 Å². The van der Waals surface area contributed by atoms with Crippen LogP contribution in [0.25, 0.3) is 28.3 Å². The second-order valence-electron chi connectivity index (χ2n) is 13.0. The maximum atomic E-state index is 8.43. The zero-order chi connectivity index (χ0) is 27.6. The molecule has 2 aliphatic carbocycles. The molecule has 2 aliphatic rings. The molecule has 0 fully saturated rings. The van der Waals surface area contributed by atoms with Crippen LogP contribution in [0.2, 0.25) is 13.1 Å². The summed E-state index contributed by atoms with van der Waals surface area (Å²) < 4.78 is 1.41. The Morgan fingerprint density at radius 1 is 0.769 bits per heavy atom. The van der Waals surface area contributed by atoms with Crippen molar-refractivity contribution in [2.24, 2.45) is 5.41 Å². The van der Waals surface area contributed by atoms with E-state index in [1.807, 2.05) is 0 Å². The van der Waals surface area contributed by atoms with E-state index in [0.29, 0.717) is 0 Å². The molecule has 1 atom stereocenters. The van der Waals surface area contributed by atoms with Crippen LogP contribution in [-0.4, -0.2) is 5.92 Å². The Morgan fingerprint density at radius 2 is 1.41 bits per heavy atom. The van der Waals surface area contributed by atoms with Gasteiger partial charge in [-0.25, -0.2) is 0 Å². The fourth-order valence-corrected chi connectivity index (χ4v) is 34.9. The molecule has 0 bridgehead atoms. The molecule has 0 aliphatic heterocycles. The summed E-state index contributed by atoms with van der Waals surface area (Å²) in [6.45, 7) is 11.8. The van der Waals surface area contributed by atoms with Crippen molar-refractivity contribution in [3.63, 3.8) is 0 Å². The van der Waals surface area contributed by atoms with Gasteiger partial charge >= 0.3 is 245 Å². The first-order chi connectivity index (χ1) is 18.5. The molecule has 4 heteroatoms. The molecule has 1 unspecified atom stereocenters. The fourth-order valence-electron chi connectivity index (χ4n) is 7.13. The molecule has 0 heterocycles. The Kier molecular flexibility index (Phi) is 6.83. The van der Waals surface area contributed by atoms with Gasteiger partial charge in [0.2, 0.25) is 0 Å². The minimum atomic E-state index is -4.75. The number of hydrogen-bond acceptors (Lipinski definition) is 0. The molecule has 39 heavy (non-hydrogen) atoms. The van der Waals surface area contributed by atoms with Crippen LogP contribution in [0.3, 0.4) is 0 Å². The molecule has 0 amide bonds. The second kappa shape index (κ2) is 9.70. The predicted molar refractivity (Wildman–Crippen MR) is 172 cm³/mol. The molecule has 0 N–H and O–H groups in total. The van der Waals surface area contributed by atoms with Gasteiger partial charge in [-0.05, 0) is 0 Å². The molecule has 199 valence electrons. The Labute approximate surface area is 242 Å². The van der Waals surface area contributed by atoms with Crippen LogP contribution in [0.1, 0.15) is 53.1 Å². The van der Waals surface area contributed by atoms with Crippen molar-refractivity contribution in [3.8, 4) is 22.3 Å². The summed E-state index contributed by atoms with van der Waals surface area (Å²) in [6, 6.07) is 33.2. The van der Waals surface area contributed by atoms with Crippen molar-refractivity contribution < 1.29 is 15.6 Å². The van der Waals surface area contributed by atoms with Gasteiger partial charge in [-0.3, -0.25) is 0 Å². The third-order valence-corrected chi connectivity index (χ3v) is 58.9. The van der Waals surface area contributed by atoms with Crippen LogP contribution < -0.4 is 3.27 Å². The van der Waals surface area contributed by atoms with Crippen LogP contribution in [0.4, 0.5) is 0 Å². The van der Waals surface area contributed by atoms with Crippen LogP contribution in [-0.2, 0) is 22.0 Å². The number of rotatable bonds is 5. The summed E-state index contributed by atoms with van der Waals surface area (Å²) in [5.41, 5.74) is 12.2. The Balaban J connectivity index is 1.62. The third-order valence-electron chi connectivity index (χ3n) is 8.92. The van der Waals surface area contributed by atoms with E-state index in [2.05, 4.69) is 131 Å². The fraction of sp³-hybridized carbons (Fsp3) is 0.257. The number of benzene rings is 4. The first kappa shape index (κ1) is 27.5. The van der Waals surface area contributed by atoms with E-state index in [4.69, 9.17) is 17.0 Å². The van der Waals surface area contributed by atoms with Crippen LogP contribution >= 0.6 is 17.0 Å². The molecule has 4 aromatic carbocycles. The first-order valence-electron chi connectivity index (χ1n) is 14.2. The van der Waals surface area contributed by atoms with E-state index < -0.39 is 21.5 Å². The number of halogens is 2. The summed E-state index contributed by atoms with van der Waals surface area (Å²) >= 11 is -4.75. The summed E-state index contributed by atoms with van der Waals surface area (Å²) in [4.78, 5) is 0. The van der Waals surface area contributed by atoms with Gasteiger partial charge in [0.05, 0.1) is 0 Å². The summed E-state index contributed by atoms with van der Waals surface area (Å²) in [6.07, 6.45) is 4.38. The average molecular weight is 648 g/mol. The number of allylic oxidation sites excluding steroid dienone is 1. The maximum absolute atomic E-state index is 8.43. The van der Waals surface area contributed by atoms with E-state index in [1.165, 1.54) is 53.4 Å². The van der Waals surface area contributed by atoms with Gasteiger partial charge in [0.25, 0.3) is 0 Å². The number of fused-ring (bicyclic) bond motifs is 4. The van der Waals surface area contributed by atoms with Crippen molar-refractivity contribution in [2.45, 2.75) is 50.3 Å². The summed E-state index contributed by atoms with van der Waals surface area (Å²) in [5.74, 6) is -1.58. The van der Waals surface area contributed by atoms with E-state index in [1.54, 1.807) is 0 Å². The van der Waals surface area contributed by atoms with Crippen molar-refractivity contribution in [1.29, 1.82) is 0 Å². The molecule has 0 nitrogen and oxygen atoms in total. The van der Waals surface area contributed by atoms with Crippen LogP contribution in [0.5, 0.6) is 0 Å². The van der Waals surface area contributed by atoms with Crippen LogP contribution in [0, 0.1) is 5.41 Å². The van der Waals surface area contributed by atoms with Gasteiger partial charge in [-0.15, -0.1) is 0 Å². The monoisotopic (exact) mass is 645 g/mol. The van der Waals surface area contributed by atoms with Gasteiger partial charge in [0, 0.05) is 0 Å². The average Bonchev–Trinajstić information content (AvgIpc) is 3.46. The molecular formula is C35H37Cl2SiZr. The normalized spacial score (nSPS) is 17.3. The zero-order valence-electron chi connectivity index (χ0n) is 23.6. The van der Waals surface area contributed by atoms with E-state index in [0.717, 1.165) is 12.8 Å². The van der Waals surface area contributed by atoms with Crippen molar-refractivity contribution in [2.75, 3.05) is 0 Å². The van der Waals surface area contributed by atoms with E-state index >= 15 is 0 Å². The molecule has 0 saturated carbocycles. The molecule has 0 saturated heterocycles. The predicted octanol–water partition coefficient (Wildman–Crippen LogP) is 10.1. The molecular weight excluding hydrogens is 611 g/mol. The number of hydrogen-bond donors (Lipinski definition) is 0. The Bertz CT molecular complexity index is 1610. The molecule has 0 aromatic heterocycles. The Hall–Kier alpha value is -1.70. The molecule has 4 aromatic rings. The molecule has 0 spiro atoms. The quantitative estimate of drug-likeness (QED) is 0.167. The Morgan fingerprint density at radius 3 is 2.13 bits per heavy atom. The molecule has 0 radical (unpaired) electrons. The molecule has 6 rings (SSSR count). The van der Waals surface area contributed by atoms with Gasteiger partial charge < -0.3 is 0 Å². The zero-order valence-corrected chi connectivity index (χ0v) is 28.7. The summed E-state index contributed by atoms with van der Waals surface area (Å²) in [7, 11) is 16.9. The SMILES string of the molecule is C[SiH](C)[Zr]([Cl])([Cl])([c]1cccc2c1Cc1ccccc1-2)[CH]1C(CC(C)(C)C)=Cc2c(-c3ccccc3)cccc21. The topological polar surface area (TPSA) is 0 Å². The standard InChI is InChI=1S/C20H21.C13H9.C2H7Si.2ClH.Zr/c1-20(2,3)14-15-12-17-10-7-11-18(19(17)13-15)16-8-5-4-6-9-16;1-3-7-12-10(5-1)9-11-6-2-4-8-13(11)12;1-3-2;;;/h4-13H,14H2,1-3H3;1-5,7-8H,9H2;3H,1-2H3;2*1H;/q;;;;;+2/p-2. The van der Waals surface area contributed by atoms with E-state index in [9.17, 15) is 0 Å². The summed E-state index contributed by atoms with van der Waals surface area (Å²) in [5, 5.41) is 0. The van der Waals surface area contributed by atoms with Gasteiger partial charge in [0.15, 0.2) is 0 Å². The van der Waals surface area contributed by atoms with Gasteiger partial charge in [0.1, 0.15) is 0 Å². The second-order valence-corrected chi connectivity index (χ2v) is 54.5. The van der Waals surface area contributed by atoms with Crippen molar-refractivity contribution in [1.82, 2.24) is 0 Å². The minimum absolute atomic E-state index is 0.0922. The van der Waals surface area contributed by atoms with Gasteiger partial charge in [-0.2, -0.15) is 0 Å². The van der Waals surface area contributed by atoms with Gasteiger partial charge in [-0.1, -0.05) is 0 Å². The first-order valence-corrected chi connectivity index (χ1v) is 30.3. The van der Waals surface area contributed by atoms with Crippen LogP contribution in [0.15, 0.2) is 96.6 Å². The van der Waals surface area contributed by atoms with Crippen molar-refractivity contribution in [3.05, 3.63) is 119 Å².